The molecule has 0 atom stereocenters. The molecule has 0 fully saturated rings. The second-order valence-corrected chi connectivity index (χ2v) is 4.13. The summed E-state index contributed by atoms with van der Waals surface area (Å²) in [6, 6.07) is 10.3. The van der Waals surface area contributed by atoms with Gasteiger partial charge in [0, 0.05) is 19.2 Å². The summed E-state index contributed by atoms with van der Waals surface area (Å²) in [6.45, 7) is 2.64. The lowest BCUT2D eigenvalue weighted by atomic mass is 10.1. The monoisotopic (exact) mass is 243 g/mol. The van der Waals surface area contributed by atoms with E-state index >= 15 is 0 Å². The second kappa shape index (κ2) is 6.00. The van der Waals surface area contributed by atoms with Gasteiger partial charge in [0.15, 0.2) is 0 Å². The highest BCUT2D eigenvalue weighted by Gasteiger charge is 2.02. The largest absolute Gasteiger partial charge is 0.323 e. The number of amides is 1. The molecule has 1 N–H and O–H groups in total. The van der Waals surface area contributed by atoms with Crippen molar-refractivity contribution in [1.29, 1.82) is 0 Å². The summed E-state index contributed by atoms with van der Waals surface area (Å²) < 4.78 is 1.85. The highest BCUT2D eigenvalue weighted by atomic mass is 16.1. The van der Waals surface area contributed by atoms with Crippen LogP contribution < -0.4 is 5.32 Å². The number of aryl methyl sites for hydroxylation is 2. The van der Waals surface area contributed by atoms with Crippen LogP contribution in [0.25, 0.3) is 0 Å². The van der Waals surface area contributed by atoms with Gasteiger partial charge in [-0.2, -0.15) is 5.10 Å². The summed E-state index contributed by atoms with van der Waals surface area (Å²) in [5, 5.41) is 7.01. The van der Waals surface area contributed by atoms with Crippen molar-refractivity contribution in [2.24, 2.45) is 0 Å². The van der Waals surface area contributed by atoms with Crippen molar-refractivity contribution in [3.63, 3.8) is 0 Å². The summed E-state index contributed by atoms with van der Waals surface area (Å²) in [7, 11) is 0. The third-order valence-electron chi connectivity index (χ3n) is 2.71. The third-order valence-corrected chi connectivity index (χ3v) is 2.71. The van der Waals surface area contributed by atoms with Gasteiger partial charge >= 0.3 is 0 Å². The molecule has 94 valence electrons. The van der Waals surface area contributed by atoms with Crippen LogP contribution in [0.3, 0.4) is 0 Å². The van der Waals surface area contributed by atoms with Crippen LogP contribution in [-0.2, 0) is 17.8 Å². The van der Waals surface area contributed by atoms with Crippen LogP contribution in [0.2, 0.25) is 0 Å². The zero-order valence-corrected chi connectivity index (χ0v) is 10.5. The molecular formula is C14H17N3O. The van der Waals surface area contributed by atoms with Crippen molar-refractivity contribution in [1.82, 2.24) is 9.78 Å². The minimum Gasteiger partial charge on any atom is -0.323 e. The maximum absolute atomic E-state index is 11.2. The van der Waals surface area contributed by atoms with E-state index in [-0.39, 0.29) is 5.91 Å². The number of aromatic nitrogens is 2. The molecule has 18 heavy (non-hydrogen) atoms. The van der Waals surface area contributed by atoms with Gasteiger partial charge in [-0.3, -0.25) is 9.48 Å². The molecule has 1 aromatic heterocycles. The van der Waals surface area contributed by atoms with Crippen LogP contribution in [0, 0.1) is 0 Å². The molecule has 1 aromatic carbocycles. The van der Waals surface area contributed by atoms with Gasteiger partial charge in [-0.05, 0) is 12.0 Å². The Hall–Kier alpha value is -2.10. The van der Waals surface area contributed by atoms with Gasteiger partial charge in [0.2, 0.25) is 5.91 Å². The lowest BCUT2D eigenvalue weighted by Gasteiger charge is -2.01. The first-order valence-electron chi connectivity index (χ1n) is 6.14. The van der Waals surface area contributed by atoms with E-state index in [1.165, 1.54) is 5.56 Å². The Kier molecular flexibility index (Phi) is 4.12. The highest BCUT2D eigenvalue weighted by molar-refractivity contribution is 5.90. The number of carbonyl (C=O) groups excluding carboxylic acids is 1. The average molecular weight is 243 g/mol. The molecule has 2 aromatic rings. The van der Waals surface area contributed by atoms with Crippen molar-refractivity contribution < 1.29 is 4.79 Å². The van der Waals surface area contributed by atoms with Crippen molar-refractivity contribution in [3.8, 4) is 0 Å². The molecule has 1 amide bonds. The van der Waals surface area contributed by atoms with Crippen LogP contribution in [0.15, 0.2) is 42.7 Å². The first-order valence-corrected chi connectivity index (χ1v) is 6.14. The molecular weight excluding hydrogens is 226 g/mol. The van der Waals surface area contributed by atoms with Crippen molar-refractivity contribution >= 4 is 11.6 Å². The number of hydrogen-bond acceptors (Lipinski definition) is 2. The lowest BCUT2D eigenvalue weighted by Crippen LogP contribution is -2.08. The molecule has 4 nitrogen and oxygen atoms in total. The molecule has 0 radical (unpaired) electrons. The third kappa shape index (κ3) is 3.45. The zero-order chi connectivity index (χ0) is 12.8. The Morgan fingerprint density at radius 3 is 2.83 bits per heavy atom. The molecule has 1 heterocycles. The SMILES string of the molecule is CCC(=O)Nc1cnn(CCc2ccccc2)c1. The van der Waals surface area contributed by atoms with E-state index in [9.17, 15) is 4.79 Å². The number of rotatable bonds is 5. The van der Waals surface area contributed by atoms with E-state index in [1.54, 1.807) is 6.20 Å². The summed E-state index contributed by atoms with van der Waals surface area (Å²) in [4.78, 5) is 11.2. The molecule has 0 saturated carbocycles. The molecule has 0 aliphatic heterocycles. The van der Waals surface area contributed by atoms with Gasteiger partial charge in [0.05, 0.1) is 11.9 Å². The number of carbonyl (C=O) groups is 1. The molecule has 0 saturated heterocycles. The minimum absolute atomic E-state index is 0.0117. The fraction of sp³-hybridized carbons (Fsp3) is 0.286. The van der Waals surface area contributed by atoms with Gasteiger partial charge in [-0.15, -0.1) is 0 Å². The zero-order valence-electron chi connectivity index (χ0n) is 10.5. The normalized spacial score (nSPS) is 10.3. The van der Waals surface area contributed by atoms with Gasteiger partial charge in [-0.25, -0.2) is 0 Å². The fourth-order valence-corrected chi connectivity index (χ4v) is 1.69. The Morgan fingerprint density at radius 2 is 2.11 bits per heavy atom. The van der Waals surface area contributed by atoms with E-state index in [0.29, 0.717) is 6.42 Å². The van der Waals surface area contributed by atoms with Gasteiger partial charge in [0.1, 0.15) is 0 Å². The van der Waals surface area contributed by atoms with E-state index in [4.69, 9.17) is 0 Å². The van der Waals surface area contributed by atoms with E-state index in [0.717, 1.165) is 18.7 Å². The van der Waals surface area contributed by atoms with Gasteiger partial charge in [0.25, 0.3) is 0 Å². The Morgan fingerprint density at radius 1 is 1.33 bits per heavy atom. The van der Waals surface area contributed by atoms with E-state index in [2.05, 4.69) is 22.5 Å². The van der Waals surface area contributed by atoms with E-state index < -0.39 is 0 Å². The standard InChI is InChI=1S/C14H17N3O/c1-2-14(18)16-13-10-15-17(11-13)9-8-12-6-4-3-5-7-12/h3-7,10-11H,2,8-9H2,1H3,(H,16,18). The van der Waals surface area contributed by atoms with Crippen LogP contribution in [0.5, 0.6) is 0 Å². The smallest absolute Gasteiger partial charge is 0.224 e. The quantitative estimate of drug-likeness (QED) is 0.877. The fourth-order valence-electron chi connectivity index (χ4n) is 1.69. The maximum atomic E-state index is 11.2. The van der Waals surface area contributed by atoms with Crippen molar-refractivity contribution in [2.45, 2.75) is 26.3 Å². The lowest BCUT2D eigenvalue weighted by molar-refractivity contribution is -0.115. The number of benzene rings is 1. The van der Waals surface area contributed by atoms with Crippen LogP contribution in [0.1, 0.15) is 18.9 Å². The number of nitrogens with zero attached hydrogens (tertiary/aromatic N) is 2. The Balaban J connectivity index is 1.89. The number of hydrogen-bond donors (Lipinski definition) is 1. The number of nitrogens with one attached hydrogen (secondary N) is 1. The summed E-state index contributed by atoms with van der Waals surface area (Å²) >= 11 is 0. The average Bonchev–Trinajstić information content (AvgIpc) is 2.85. The molecule has 4 heteroatoms. The van der Waals surface area contributed by atoms with Crippen LogP contribution >= 0.6 is 0 Å². The summed E-state index contributed by atoms with van der Waals surface area (Å²) in [5.74, 6) is 0.0117. The molecule has 0 unspecified atom stereocenters. The van der Waals surface area contributed by atoms with E-state index in [1.807, 2.05) is 36.0 Å². The number of anilines is 1. The van der Waals surface area contributed by atoms with Gasteiger partial charge in [-0.1, -0.05) is 37.3 Å². The summed E-state index contributed by atoms with van der Waals surface area (Å²) in [5.41, 5.74) is 2.04. The minimum atomic E-state index is 0.0117. The van der Waals surface area contributed by atoms with Crippen LogP contribution in [-0.4, -0.2) is 15.7 Å². The predicted octanol–water partition coefficient (Wildman–Crippen LogP) is 2.47. The summed E-state index contributed by atoms with van der Waals surface area (Å²) in [6.07, 6.45) is 4.95. The maximum Gasteiger partial charge on any atom is 0.224 e. The van der Waals surface area contributed by atoms with Crippen LogP contribution in [0.4, 0.5) is 5.69 Å². The molecule has 0 aliphatic carbocycles. The Bertz CT molecular complexity index is 505. The molecule has 0 aliphatic rings. The Labute approximate surface area is 107 Å². The first-order chi connectivity index (χ1) is 8.78. The first kappa shape index (κ1) is 12.4. The molecule has 0 spiro atoms. The van der Waals surface area contributed by atoms with Crippen molar-refractivity contribution in [2.75, 3.05) is 5.32 Å². The predicted molar refractivity (Wildman–Crippen MR) is 71.3 cm³/mol. The topological polar surface area (TPSA) is 46.9 Å². The second-order valence-electron chi connectivity index (χ2n) is 4.13. The molecule has 0 bridgehead atoms. The van der Waals surface area contributed by atoms with Crippen molar-refractivity contribution in [3.05, 3.63) is 48.3 Å². The van der Waals surface area contributed by atoms with Gasteiger partial charge < -0.3 is 5.32 Å². The molecule has 2 rings (SSSR count). The highest BCUT2D eigenvalue weighted by Crippen LogP contribution is 2.07.